The summed E-state index contributed by atoms with van der Waals surface area (Å²) in [6.45, 7) is 0. The van der Waals surface area contributed by atoms with Crippen LogP contribution >= 0.6 is 11.3 Å². The second-order valence-corrected chi connectivity index (χ2v) is 15.0. The summed E-state index contributed by atoms with van der Waals surface area (Å²) in [4.78, 5) is 15.2. The molecule has 1 aliphatic carbocycles. The molecule has 12 rings (SSSR count). The van der Waals surface area contributed by atoms with E-state index in [0.717, 1.165) is 49.8 Å². The summed E-state index contributed by atoms with van der Waals surface area (Å²) in [6.07, 6.45) is 0. The lowest BCUT2D eigenvalue weighted by molar-refractivity contribution is 0.669. The Bertz CT molecular complexity index is 3340. The van der Waals surface area contributed by atoms with Gasteiger partial charge in [0.15, 0.2) is 17.5 Å². The number of para-hydroxylation sites is 2. The second kappa shape index (κ2) is 11.3. The molecular formula is C49H27N3OS. The summed E-state index contributed by atoms with van der Waals surface area (Å²) in [6, 6.07) is 57.8. The van der Waals surface area contributed by atoms with Gasteiger partial charge >= 0.3 is 0 Å². The fraction of sp³-hybridized carbons (Fsp3) is 0. The smallest absolute Gasteiger partial charge is 0.167 e. The molecule has 0 amide bonds. The van der Waals surface area contributed by atoms with Gasteiger partial charge in [0.2, 0.25) is 0 Å². The molecule has 4 nitrogen and oxygen atoms in total. The van der Waals surface area contributed by atoms with E-state index in [9.17, 15) is 0 Å². The highest BCUT2D eigenvalue weighted by atomic mass is 32.1. The normalized spacial score (nSPS) is 12.1. The first kappa shape index (κ1) is 29.6. The molecule has 11 aromatic rings. The molecule has 0 radical (unpaired) electrons. The molecule has 8 aromatic carbocycles. The third-order valence-corrected chi connectivity index (χ3v) is 12.0. The van der Waals surface area contributed by atoms with Crippen molar-refractivity contribution >= 4 is 64.2 Å². The van der Waals surface area contributed by atoms with Crippen LogP contribution in [-0.4, -0.2) is 15.0 Å². The summed E-state index contributed by atoms with van der Waals surface area (Å²) in [7, 11) is 0. The highest BCUT2D eigenvalue weighted by Gasteiger charge is 2.24. The topological polar surface area (TPSA) is 51.8 Å². The maximum atomic E-state index is 6.43. The van der Waals surface area contributed by atoms with Crippen LogP contribution in [-0.2, 0) is 0 Å². The minimum absolute atomic E-state index is 0.574. The van der Waals surface area contributed by atoms with Crippen molar-refractivity contribution in [2.24, 2.45) is 0 Å². The molecule has 0 N–H and O–H groups in total. The van der Waals surface area contributed by atoms with Crippen molar-refractivity contribution in [2.45, 2.75) is 0 Å². The number of nitrogens with zero attached hydrogens (tertiary/aromatic N) is 3. The predicted molar refractivity (Wildman–Crippen MR) is 224 cm³/mol. The number of aromatic nitrogens is 3. The molecule has 0 bridgehead atoms. The minimum Gasteiger partial charge on any atom is -0.455 e. The highest BCUT2D eigenvalue weighted by Crippen LogP contribution is 2.52. The molecule has 0 saturated carbocycles. The third-order valence-electron chi connectivity index (χ3n) is 10.9. The van der Waals surface area contributed by atoms with E-state index in [4.69, 9.17) is 19.4 Å². The van der Waals surface area contributed by atoms with E-state index < -0.39 is 0 Å². The largest absolute Gasteiger partial charge is 0.455 e. The lowest BCUT2D eigenvalue weighted by Gasteiger charge is -2.10. The summed E-state index contributed by atoms with van der Waals surface area (Å²) < 4.78 is 9.03. The number of benzene rings is 8. The number of hydrogen-bond donors (Lipinski definition) is 0. The SMILES string of the molecule is c1ccc(-c2nc(-c3cccc(-c4ccc5sc6cc7c8c(cccc8c6c5c4)-c4ccccc4-7)c3)nc(-c3cccc4c3oc3ccccc34)n2)cc1. The van der Waals surface area contributed by atoms with Gasteiger partial charge in [-0.2, -0.15) is 0 Å². The number of thiophene rings is 1. The van der Waals surface area contributed by atoms with Gasteiger partial charge in [-0.25, -0.2) is 15.0 Å². The van der Waals surface area contributed by atoms with Gasteiger partial charge in [-0.15, -0.1) is 11.3 Å². The van der Waals surface area contributed by atoms with Gasteiger partial charge in [-0.3, -0.25) is 0 Å². The third kappa shape index (κ3) is 4.33. The molecule has 3 aromatic heterocycles. The van der Waals surface area contributed by atoms with Crippen molar-refractivity contribution < 1.29 is 4.42 Å². The molecule has 5 heteroatoms. The van der Waals surface area contributed by atoms with Crippen molar-refractivity contribution in [3.05, 3.63) is 164 Å². The van der Waals surface area contributed by atoms with Crippen LogP contribution in [0.25, 0.3) is 120 Å². The van der Waals surface area contributed by atoms with Crippen molar-refractivity contribution in [1.29, 1.82) is 0 Å². The molecule has 250 valence electrons. The van der Waals surface area contributed by atoms with Crippen LogP contribution in [0.15, 0.2) is 168 Å². The lowest BCUT2D eigenvalue weighted by atomic mass is 9.96. The molecule has 1 aliphatic rings. The van der Waals surface area contributed by atoms with E-state index in [0.29, 0.717) is 17.5 Å². The Kier molecular flexibility index (Phi) is 6.18. The Labute approximate surface area is 313 Å². The Hall–Kier alpha value is -6.95. The monoisotopic (exact) mass is 705 g/mol. The Morgan fingerprint density at radius 1 is 0.352 bits per heavy atom. The average Bonchev–Trinajstić information content (AvgIpc) is 3.91. The molecule has 3 heterocycles. The molecule has 54 heavy (non-hydrogen) atoms. The quantitative estimate of drug-likeness (QED) is 0.183. The molecule has 0 fully saturated rings. The van der Waals surface area contributed by atoms with Gasteiger partial charge in [0, 0.05) is 42.1 Å². The Morgan fingerprint density at radius 3 is 1.87 bits per heavy atom. The van der Waals surface area contributed by atoms with Gasteiger partial charge in [0.1, 0.15) is 11.2 Å². The van der Waals surface area contributed by atoms with E-state index in [1.165, 1.54) is 53.2 Å². The summed E-state index contributed by atoms with van der Waals surface area (Å²) in [5.41, 5.74) is 11.9. The van der Waals surface area contributed by atoms with E-state index in [-0.39, 0.29) is 0 Å². The molecule has 0 saturated heterocycles. The summed E-state index contributed by atoms with van der Waals surface area (Å²) >= 11 is 1.87. The maximum Gasteiger partial charge on any atom is 0.167 e. The zero-order chi connectivity index (χ0) is 35.3. The van der Waals surface area contributed by atoms with E-state index in [1.807, 2.05) is 72.0 Å². The van der Waals surface area contributed by atoms with Crippen LogP contribution in [0.3, 0.4) is 0 Å². The van der Waals surface area contributed by atoms with Crippen molar-refractivity contribution in [2.75, 3.05) is 0 Å². The van der Waals surface area contributed by atoms with Crippen LogP contribution in [0.1, 0.15) is 0 Å². The first-order valence-corrected chi connectivity index (χ1v) is 18.9. The van der Waals surface area contributed by atoms with Crippen LogP contribution in [0.4, 0.5) is 0 Å². The first-order chi connectivity index (χ1) is 26.7. The van der Waals surface area contributed by atoms with Crippen LogP contribution in [0, 0.1) is 0 Å². The minimum atomic E-state index is 0.574. The van der Waals surface area contributed by atoms with E-state index in [1.54, 1.807) is 0 Å². The van der Waals surface area contributed by atoms with Gasteiger partial charge in [0.25, 0.3) is 0 Å². The van der Waals surface area contributed by atoms with Crippen LogP contribution < -0.4 is 0 Å². The van der Waals surface area contributed by atoms with Crippen molar-refractivity contribution in [3.63, 3.8) is 0 Å². The fourth-order valence-electron chi connectivity index (χ4n) is 8.42. The zero-order valence-corrected chi connectivity index (χ0v) is 29.6. The molecule has 0 unspecified atom stereocenters. The summed E-state index contributed by atoms with van der Waals surface area (Å²) in [5.74, 6) is 1.80. The van der Waals surface area contributed by atoms with Gasteiger partial charge in [-0.05, 0) is 80.6 Å². The number of fused-ring (bicyclic) bond motifs is 10. The van der Waals surface area contributed by atoms with Crippen LogP contribution in [0.5, 0.6) is 0 Å². The van der Waals surface area contributed by atoms with E-state index in [2.05, 4.69) is 103 Å². The Balaban J connectivity index is 1.02. The second-order valence-electron chi connectivity index (χ2n) is 13.9. The van der Waals surface area contributed by atoms with Gasteiger partial charge in [-0.1, -0.05) is 127 Å². The fourth-order valence-corrected chi connectivity index (χ4v) is 9.57. The number of rotatable bonds is 4. The number of furan rings is 1. The first-order valence-electron chi connectivity index (χ1n) is 18.1. The molecular weight excluding hydrogens is 679 g/mol. The average molecular weight is 706 g/mol. The molecule has 0 atom stereocenters. The standard InChI is InChI=1S/C49H27N3OS/c1-2-11-28(12-3-1)47-50-48(52-49(51-47)38-21-10-19-36-34-17-6-7-22-41(34)53-46(36)38)31-14-8-13-29(25-31)30-23-24-42-40(26-30)45-37-20-9-18-35-32-15-4-5-16-33(32)39(44(35)37)27-43(45)54-42/h1-27H. The summed E-state index contributed by atoms with van der Waals surface area (Å²) in [5, 5.41) is 7.40. The van der Waals surface area contributed by atoms with Crippen molar-refractivity contribution in [1.82, 2.24) is 15.0 Å². The lowest BCUT2D eigenvalue weighted by Crippen LogP contribution is -2.00. The predicted octanol–water partition coefficient (Wildman–Crippen LogP) is 13.6. The van der Waals surface area contributed by atoms with E-state index >= 15 is 0 Å². The van der Waals surface area contributed by atoms with Gasteiger partial charge < -0.3 is 4.42 Å². The molecule has 0 aliphatic heterocycles. The van der Waals surface area contributed by atoms with Crippen molar-refractivity contribution in [3.8, 4) is 67.5 Å². The maximum absolute atomic E-state index is 6.43. The molecule has 0 spiro atoms. The van der Waals surface area contributed by atoms with Gasteiger partial charge in [0.05, 0.1) is 5.56 Å². The highest BCUT2D eigenvalue weighted by molar-refractivity contribution is 7.26. The Morgan fingerprint density at radius 2 is 0.981 bits per heavy atom. The van der Waals surface area contributed by atoms with Crippen LogP contribution in [0.2, 0.25) is 0 Å². The zero-order valence-electron chi connectivity index (χ0n) is 28.7. The number of hydrogen-bond acceptors (Lipinski definition) is 5.